The molecule has 0 radical (unpaired) electrons. The fourth-order valence-electron chi connectivity index (χ4n) is 11.3. The van der Waals surface area contributed by atoms with E-state index in [0.717, 1.165) is 89.7 Å². The van der Waals surface area contributed by atoms with Crippen molar-refractivity contribution in [3.8, 4) is 0 Å². The molecule has 0 aliphatic carbocycles. The third-order valence-corrected chi connectivity index (χ3v) is 16.6. The molecule has 5 aliphatic heterocycles. The number of nitrogens with zero attached hydrogens (tertiary/aromatic N) is 3. The molecule has 1 aromatic carbocycles. The summed E-state index contributed by atoms with van der Waals surface area (Å²) in [7, 11) is -3.72. The fourth-order valence-corrected chi connectivity index (χ4v) is 12.3. The van der Waals surface area contributed by atoms with Gasteiger partial charge in [0.05, 0.1) is 49.6 Å². The largest absolute Gasteiger partial charge is 0.444 e. The Bertz CT molecular complexity index is 2330. The lowest BCUT2D eigenvalue weighted by molar-refractivity contribution is -0.138. The molecule has 0 bridgehead atoms. The van der Waals surface area contributed by atoms with Crippen LogP contribution in [0.25, 0.3) is 0 Å². The molecule has 5 saturated heterocycles. The maximum absolute atomic E-state index is 12.5. The van der Waals surface area contributed by atoms with Crippen molar-refractivity contribution in [2.24, 2.45) is 23.5 Å². The molecule has 3 unspecified atom stereocenters. The first-order valence-corrected chi connectivity index (χ1v) is 32.8. The van der Waals surface area contributed by atoms with Gasteiger partial charge in [-0.05, 0) is 239 Å². The minimum absolute atomic E-state index is 0.0972. The predicted molar refractivity (Wildman–Crippen MR) is 335 cm³/mol. The van der Waals surface area contributed by atoms with Crippen LogP contribution in [-0.2, 0) is 47.5 Å². The average molecular weight is 1240 g/mol. The van der Waals surface area contributed by atoms with E-state index in [9.17, 15) is 27.9 Å². The van der Waals surface area contributed by atoms with Gasteiger partial charge in [-0.3, -0.25) is 4.18 Å². The van der Waals surface area contributed by atoms with Gasteiger partial charge in [-0.2, -0.15) is 8.42 Å². The highest BCUT2D eigenvalue weighted by molar-refractivity contribution is 7.86. The van der Waals surface area contributed by atoms with Gasteiger partial charge in [0.15, 0.2) is 11.6 Å². The summed E-state index contributed by atoms with van der Waals surface area (Å²) in [5, 5.41) is 24.6. The molecule has 6 atom stereocenters. The van der Waals surface area contributed by atoms with Crippen molar-refractivity contribution in [1.82, 2.24) is 25.3 Å². The number of ether oxygens (including phenoxy) is 7. The summed E-state index contributed by atoms with van der Waals surface area (Å²) >= 11 is 0. The number of carbonyl (C=O) groups is 3. The standard InChI is InChI=1S/C21H33NO5S.C20H38N2O4.C17H34N2O4.C6H13NO2/c1-16-9-11-18(12-10-16)28(24,25)26-13-7-8-17-14-21(5,6)22(15-17)19(23)27-20(2,3)4;1-18(2,3)26-17(23)22-13-15(11-19(22,4)5)9-8-10-21-12-16-14-24-20(6,7)25-16;1-16(2,3)23-15(22)19-11-13(9-17(19,4)5)7-6-8-18-10-14(21)12-20;1-6(2)8-4-5(3-7)9-6/h9-12,17H,7-8,13-15H2,1-6H3;15-16,21H,8-14H2,1-7H3;13-14,18,20-21H,6-12H2,1-5H3;5H,3-4,7H2,1-2H3/t17-;15-,16?;13-,14?;/m000./s1. The number of likely N-dealkylation sites (tertiary alicyclic amines) is 3. The van der Waals surface area contributed by atoms with E-state index < -0.39 is 44.6 Å². The van der Waals surface area contributed by atoms with Crippen molar-refractivity contribution in [3.63, 3.8) is 0 Å². The molecule has 500 valence electrons. The van der Waals surface area contributed by atoms with E-state index in [1.807, 2.05) is 121 Å². The van der Waals surface area contributed by atoms with Gasteiger partial charge >= 0.3 is 18.3 Å². The number of nitrogens with one attached hydrogen (secondary N) is 2. The Balaban J connectivity index is 0.000000315. The van der Waals surface area contributed by atoms with Crippen LogP contribution in [0.5, 0.6) is 0 Å². The van der Waals surface area contributed by atoms with E-state index >= 15 is 0 Å². The molecule has 6 rings (SSSR count). The van der Waals surface area contributed by atoms with Gasteiger partial charge in [0.2, 0.25) is 0 Å². The molecule has 86 heavy (non-hydrogen) atoms. The lowest BCUT2D eigenvalue weighted by atomic mass is 9.93. The van der Waals surface area contributed by atoms with Crippen LogP contribution in [0.3, 0.4) is 0 Å². The second kappa shape index (κ2) is 32.5. The van der Waals surface area contributed by atoms with Crippen molar-refractivity contribution in [3.05, 3.63) is 29.8 Å². The Morgan fingerprint density at radius 1 is 0.628 bits per heavy atom. The number of hydrogen-bond donors (Lipinski definition) is 5. The van der Waals surface area contributed by atoms with Crippen LogP contribution in [0, 0.1) is 24.7 Å². The Morgan fingerprint density at radius 3 is 1.34 bits per heavy atom. The number of aliphatic hydroxyl groups excluding tert-OH is 2. The van der Waals surface area contributed by atoms with Crippen LogP contribution < -0.4 is 16.4 Å². The maximum Gasteiger partial charge on any atom is 0.410 e. The molecule has 1 aromatic rings. The lowest BCUT2D eigenvalue weighted by Crippen LogP contribution is -2.45. The van der Waals surface area contributed by atoms with E-state index in [1.54, 1.807) is 29.2 Å². The lowest BCUT2D eigenvalue weighted by Gasteiger charge is -2.33. The van der Waals surface area contributed by atoms with Crippen molar-refractivity contribution in [1.29, 1.82) is 0 Å². The number of hydrogen-bond acceptors (Lipinski definition) is 18. The topological polar surface area (TPSA) is 259 Å². The second-order valence-corrected chi connectivity index (χ2v) is 31.4. The zero-order valence-corrected chi connectivity index (χ0v) is 57.5. The molecule has 0 spiro atoms. The first kappa shape index (κ1) is 76.8. The second-order valence-electron chi connectivity index (χ2n) is 29.8. The smallest absolute Gasteiger partial charge is 0.410 e. The molecule has 5 aliphatic rings. The monoisotopic (exact) mass is 1240 g/mol. The number of nitrogens with two attached hydrogens (primary N) is 1. The molecular formula is C64H118N6O15S. The molecule has 22 heteroatoms. The molecule has 0 aromatic heterocycles. The molecule has 21 nitrogen and oxygen atoms in total. The minimum Gasteiger partial charge on any atom is -0.444 e. The van der Waals surface area contributed by atoms with Gasteiger partial charge in [-0.15, -0.1) is 0 Å². The van der Waals surface area contributed by atoms with Crippen LogP contribution >= 0.6 is 0 Å². The third-order valence-electron chi connectivity index (χ3n) is 15.3. The highest BCUT2D eigenvalue weighted by Crippen LogP contribution is 2.39. The van der Waals surface area contributed by atoms with Gasteiger partial charge in [0.1, 0.15) is 16.8 Å². The fraction of sp³-hybridized carbons (Fsp3) is 0.859. The zero-order valence-electron chi connectivity index (χ0n) is 56.7. The van der Waals surface area contributed by atoms with E-state index in [0.29, 0.717) is 57.0 Å². The third kappa shape index (κ3) is 28.2. The van der Waals surface area contributed by atoms with Crippen LogP contribution in [0.15, 0.2) is 29.2 Å². The highest BCUT2D eigenvalue weighted by atomic mass is 32.2. The predicted octanol–water partition coefficient (Wildman–Crippen LogP) is 9.90. The summed E-state index contributed by atoms with van der Waals surface area (Å²) in [4.78, 5) is 43.0. The first-order valence-electron chi connectivity index (χ1n) is 31.4. The van der Waals surface area contributed by atoms with Gasteiger partial charge in [0, 0.05) is 55.9 Å². The van der Waals surface area contributed by atoms with Crippen molar-refractivity contribution < 1.29 is 70.4 Å². The molecule has 3 amide bonds. The van der Waals surface area contributed by atoms with E-state index in [4.69, 9.17) is 48.2 Å². The zero-order chi connectivity index (χ0) is 65.3. The molecule has 5 heterocycles. The van der Waals surface area contributed by atoms with E-state index in [1.165, 1.54) is 0 Å². The van der Waals surface area contributed by atoms with Crippen LogP contribution in [0.1, 0.15) is 195 Å². The highest BCUT2D eigenvalue weighted by Gasteiger charge is 2.45. The first-order chi connectivity index (χ1) is 39.4. The van der Waals surface area contributed by atoms with Gasteiger partial charge < -0.3 is 74.4 Å². The quantitative estimate of drug-likeness (QED) is 0.0462. The normalized spacial score (nSPS) is 24.2. The molecular weight excluding hydrogens is 1120 g/mol. The maximum atomic E-state index is 12.5. The Labute approximate surface area is 518 Å². The van der Waals surface area contributed by atoms with Gasteiger partial charge in [0.25, 0.3) is 10.1 Å². The number of rotatable bonds is 20. The minimum atomic E-state index is -3.72. The summed E-state index contributed by atoms with van der Waals surface area (Å²) in [5.74, 6) is 0.441. The van der Waals surface area contributed by atoms with Crippen molar-refractivity contribution in [2.75, 3.05) is 78.8 Å². The summed E-state index contributed by atoms with van der Waals surface area (Å²) in [6.45, 7) is 46.0. The Kier molecular flexibility index (Phi) is 29.1. The van der Waals surface area contributed by atoms with Crippen molar-refractivity contribution in [2.45, 2.75) is 264 Å². The molecule has 0 saturated carbocycles. The number of aryl methyl sites for hydroxylation is 1. The number of amides is 3. The summed E-state index contributed by atoms with van der Waals surface area (Å²) < 4.78 is 68.2. The summed E-state index contributed by atoms with van der Waals surface area (Å²) in [6.07, 6.45) is 7.34. The van der Waals surface area contributed by atoms with Crippen LogP contribution in [0.2, 0.25) is 0 Å². The number of aliphatic hydroxyl groups is 2. The van der Waals surface area contributed by atoms with E-state index in [2.05, 4.69) is 38.3 Å². The summed E-state index contributed by atoms with van der Waals surface area (Å²) in [6, 6.07) is 6.62. The Morgan fingerprint density at radius 2 is 1.00 bits per heavy atom. The number of carbonyl (C=O) groups excluding carboxylic acids is 3. The van der Waals surface area contributed by atoms with Crippen LogP contribution in [-0.4, -0.2) is 194 Å². The van der Waals surface area contributed by atoms with Crippen molar-refractivity contribution >= 4 is 28.4 Å². The molecule has 6 N–H and O–H groups in total. The Hall–Kier alpha value is -3.42. The van der Waals surface area contributed by atoms with Gasteiger partial charge in [-0.25, -0.2) is 14.4 Å². The average Bonchev–Trinajstić information content (AvgIpc) is 2.30. The van der Waals surface area contributed by atoms with Gasteiger partial charge in [-0.1, -0.05) is 17.7 Å². The summed E-state index contributed by atoms with van der Waals surface area (Å²) in [5.41, 5.74) is 4.32. The number of benzene rings is 1. The molecule has 5 fully saturated rings. The van der Waals surface area contributed by atoms with E-state index in [-0.39, 0.29) is 65.2 Å². The SMILES string of the molecule is CC(C)(C)OC(=O)N1C[C@@H](CCCNCC(O)CO)CC1(C)C.CC(C)(C)OC(=O)N1C[C@@H](CCCNCC2COC(C)(C)O2)CC1(C)C.CC1(C)OCC(CN)O1.Cc1ccc(S(=O)(=O)OCCC[C@@H]2CN(C(=O)OC(C)(C)C)C(C)(C)C2)cc1. The van der Waals surface area contributed by atoms with Crippen LogP contribution in [0.4, 0.5) is 14.4 Å².